The van der Waals surface area contributed by atoms with Gasteiger partial charge >= 0.3 is 6.03 Å². The number of nitrogens with two attached hydrogens (primary N) is 2. The minimum absolute atomic E-state index is 0.0646. The van der Waals surface area contributed by atoms with E-state index in [2.05, 4.69) is 0 Å². The van der Waals surface area contributed by atoms with Gasteiger partial charge in [0.1, 0.15) is 11.6 Å². The molecule has 1 unspecified atom stereocenters. The molecule has 1 aromatic rings. The van der Waals surface area contributed by atoms with E-state index in [4.69, 9.17) is 11.5 Å². The monoisotopic (exact) mass is 265 g/mol. The van der Waals surface area contributed by atoms with Crippen LogP contribution in [0.5, 0.6) is 0 Å². The molecule has 1 saturated heterocycles. The first-order valence-electron chi connectivity index (χ1n) is 6.09. The number of amides is 2. The van der Waals surface area contributed by atoms with Gasteiger partial charge in [-0.05, 0) is 23.3 Å². The summed E-state index contributed by atoms with van der Waals surface area (Å²) in [5.41, 5.74) is 12.2. The van der Waals surface area contributed by atoms with E-state index in [9.17, 15) is 14.0 Å². The number of rotatable bonds is 2. The van der Waals surface area contributed by atoms with Crippen LogP contribution in [-0.2, 0) is 11.3 Å². The number of nitrogens with zero attached hydrogens (tertiary/aromatic N) is 1. The van der Waals surface area contributed by atoms with Crippen molar-refractivity contribution in [1.82, 2.24) is 4.90 Å². The molecule has 0 saturated carbocycles. The highest BCUT2D eigenvalue weighted by molar-refractivity contribution is 5.83. The van der Waals surface area contributed by atoms with E-state index in [0.29, 0.717) is 24.1 Å². The van der Waals surface area contributed by atoms with Crippen LogP contribution in [0.25, 0.3) is 0 Å². The summed E-state index contributed by atoms with van der Waals surface area (Å²) < 4.78 is 13.2. The van der Waals surface area contributed by atoms with Crippen molar-refractivity contribution >= 4 is 11.8 Å². The number of carbonyl (C=O) groups is 2. The molecule has 1 heterocycles. The molecule has 1 aromatic carbocycles. The third-order valence-corrected chi connectivity index (χ3v) is 3.40. The minimum Gasteiger partial charge on any atom is -0.351 e. The van der Waals surface area contributed by atoms with Crippen LogP contribution in [0, 0.1) is 5.82 Å². The van der Waals surface area contributed by atoms with Crippen LogP contribution < -0.4 is 11.5 Å². The molecule has 2 rings (SSSR count). The van der Waals surface area contributed by atoms with Gasteiger partial charge in [-0.15, -0.1) is 0 Å². The van der Waals surface area contributed by atoms with E-state index in [0.717, 1.165) is 0 Å². The second-order valence-electron chi connectivity index (χ2n) is 4.59. The average Bonchev–Trinajstić information content (AvgIpc) is 2.38. The molecule has 1 aliphatic heterocycles. The molecule has 0 bridgehead atoms. The molecule has 5 nitrogen and oxygen atoms in total. The molecule has 1 fully saturated rings. The molecule has 0 aliphatic carbocycles. The zero-order valence-corrected chi connectivity index (χ0v) is 10.4. The van der Waals surface area contributed by atoms with Gasteiger partial charge in [-0.1, -0.05) is 6.07 Å². The normalized spacial score (nSPS) is 19.6. The summed E-state index contributed by atoms with van der Waals surface area (Å²) >= 11 is 0. The quantitative estimate of drug-likeness (QED) is 0.838. The molecular weight excluding hydrogens is 249 g/mol. The van der Waals surface area contributed by atoms with Gasteiger partial charge in [-0.2, -0.15) is 0 Å². The van der Waals surface area contributed by atoms with Crippen molar-refractivity contribution in [3.05, 3.63) is 35.1 Å². The van der Waals surface area contributed by atoms with Crippen LogP contribution in [0.1, 0.15) is 30.0 Å². The number of Topliss-reactive ketones (excluding diaryl/α,β-unsaturated/α-hetero) is 1. The van der Waals surface area contributed by atoms with E-state index < -0.39 is 17.9 Å². The van der Waals surface area contributed by atoms with Crippen molar-refractivity contribution < 1.29 is 14.0 Å². The third-order valence-electron chi connectivity index (χ3n) is 3.40. The number of carbonyl (C=O) groups excluding carboxylic acids is 2. The van der Waals surface area contributed by atoms with Crippen molar-refractivity contribution in [1.29, 1.82) is 0 Å². The van der Waals surface area contributed by atoms with Crippen molar-refractivity contribution in [2.45, 2.75) is 25.4 Å². The highest BCUT2D eigenvalue weighted by atomic mass is 19.1. The first-order valence-corrected chi connectivity index (χ1v) is 6.09. The molecule has 2 amide bonds. The smallest absolute Gasteiger partial charge is 0.315 e. The van der Waals surface area contributed by atoms with Gasteiger partial charge in [-0.3, -0.25) is 4.79 Å². The van der Waals surface area contributed by atoms with E-state index in [-0.39, 0.29) is 18.7 Å². The van der Waals surface area contributed by atoms with E-state index in [1.54, 1.807) is 6.07 Å². The maximum absolute atomic E-state index is 13.2. The largest absolute Gasteiger partial charge is 0.351 e. The van der Waals surface area contributed by atoms with Crippen LogP contribution >= 0.6 is 0 Å². The zero-order chi connectivity index (χ0) is 14.0. The summed E-state index contributed by atoms with van der Waals surface area (Å²) in [5.74, 6) is -0.327. The number of hydrogen-bond acceptors (Lipinski definition) is 3. The molecule has 19 heavy (non-hydrogen) atoms. The number of ketones is 1. The number of halogens is 1. The third kappa shape index (κ3) is 2.73. The molecule has 6 heteroatoms. The Kier molecular flexibility index (Phi) is 3.80. The Labute approximate surface area is 110 Å². The number of benzene rings is 1. The summed E-state index contributed by atoms with van der Waals surface area (Å²) in [6, 6.07) is 3.17. The van der Waals surface area contributed by atoms with Gasteiger partial charge in [0.25, 0.3) is 0 Å². The lowest BCUT2D eigenvalue weighted by Gasteiger charge is -2.35. The minimum atomic E-state index is -0.579. The molecule has 0 aromatic heterocycles. The Morgan fingerprint density at radius 2 is 2.21 bits per heavy atom. The molecule has 4 N–H and O–H groups in total. The molecule has 1 aliphatic rings. The Morgan fingerprint density at radius 3 is 2.84 bits per heavy atom. The molecule has 1 atom stereocenters. The Hall–Kier alpha value is -1.95. The summed E-state index contributed by atoms with van der Waals surface area (Å²) in [5, 5.41) is 0. The van der Waals surface area contributed by atoms with Crippen molar-refractivity contribution in [3.63, 3.8) is 0 Å². The fourth-order valence-corrected chi connectivity index (χ4v) is 2.45. The van der Waals surface area contributed by atoms with Crippen LogP contribution in [-0.4, -0.2) is 23.3 Å². The number of piperidine rings is 1. The second-order valence-corrected chi connectivity index (χ2v) is 4.59. The summed E-state index contributed by atoms with van der Waals surface area (Å²) in [6.45, 7) is 0.435. The fraction of sp³-hybridized carbons (Fsp3) is 0.385. The maximum Gasteiger partial charge on any atom is 0.315 e. The highest BCUT2D eigenvalue weighted by Gasteiger charge is 2.31. The topological polar surface area (TPSA) is 89.4 Å². The zero-order valence-electron chi connectivity index (χ0n) is 10.4. The van der Waals surface area contributed by atoms with Crippen LogP contribution in [0.3, 0.4) is 0 Å². The van der Waals surface area contributed by atoms with Crippen LogP contribution in [0.15, 0.2) is 18.2 Å². The first-order chi connectivity index (χ1) is 9.02. The predicted octanol–water partition coefficient (Wildman–Crippen LogP) is 1.07. The fourth-order valence-electron chi connectivity index (χ4n) is 2.45. The van der Waals surface area contributed by atoms with Crippen molar-refractivity contribution in [2.75, 3.05) is 6.54 Å². The van der Waals surface area contributed by atoms with Gasteiger partial charge in [0, 0.05) is 25.9 Å². The highest BCUT2D eigenvalue weighted by Crippen LogP contribution is 2.31. The average molecular weight is 265 g/mol. The first kappa shape index (κ1) is 13.5. The Bertz CT molecular complexity index is 519. The van der Waals surface area contributed by atoms with E-state index >= 15 is 0 Å². The second kappa shape index (κ2) is 5.36. The summed E-state index contributed by atoms with van der Waals surface area (Å²) in [4.78, 5) is 24.5. The lowest BCUT2D eigenvalue weighted by atomic mass is 9.91. The number of urea groups is 1. The SMILES string of the molecule is NCc1cc(F)ccc1C1CC(=O)CCN1C(N)=O. The van der Waals surface area contributed by atoms with Gasteiger partial charge < -0.3 is 16.4 Å². The van der Waals surface area contributed by atoms with E-state index in [1.165, 1.54) is 17.0 Å². The van der Waals surface area contributed by atoms with E-state index in [1.807, 2.05) is 0 Å². The molecule has 102 valence electrons. The summed E-state index contributed by atoms with van der Waals surface area (Å²) in [6.07, 6.45) is 0.500. The van der Waals surface area contributed by atoms with Gasteiger partial charge in [0.05, 0.1) is 6.04 Å². The van der Waals surface area contributed by atoms with Crippen LogP contribution in [0.4, 0.5) is 9.18 Å². The van der Waals surface area contributed by atoms with Gasteiger partial charge in [0.15, 0.2) is 0 Å². The molecule has 0 radical (unpaired) electrons. The lowest BCUT2D eigenvalue weighted by Crippen LogP contribution is -2.44. The lowest BCUT2D eigenvalue weighted by molar-refractivity contribution is -0.122. The van der Waals surface area contributed by atoms with Crippen LogP contribution in [0.2, 0.25) is 0 Å². The maximum atomic E-state index is 13.2. The van der Waals surface area contributed by atoms with Gasteiger partial charge in [-0.25, -0.2) is 9.18 Å². The predicted molar refractivity (Wildman–Crippen MR) is 67.6 cm³/mol. The Balaban J connectivity index is 2.41. The van der Waals surface area contributed by atoms with Crippen molar-refractivity contribution in [2.24, 2.45) is 11.5 Å². The molecular formula is C13H16FN3O2. The number of hydrogen-bond donors (Lipinski definition) is 2. The van der Waals surface area contributed by atoms with Crippen molar-refractivity contribution in [3.8, 4) is 0 Å². The summed E-state index contributed by atoms with van der Waals surface area (Å²) in [7, 11) is 0. The standard InChI is InChI=1S/C13H16FN3O2/c14-9-1-2-11(8(5-9)7-15)12-6-10(18)3-4-17(12)13(16)19/h1-2,5,12H,3-4,6-7,15H2,(H2,16,19). The van der Waals surface area contributed by atoms with Gasteiger partial charge in [0.2, 0.25) is 0 Å². The molecule has 0 spiro atoms. The number of primary amides is 1. The number of likely N-dealkylation sites (tertiary alicyclic amines) is 1. The Morgan fingerprint density at radius 1 is 1.47 bits per heavy atom.